The lowest BCUT2D eigenvalue weighted by Crippen LogP contribution is -2.56. The molecule has 5 atom stereocenters. The number of halogens is 1. The van der Waals surface area contributed by atoms with Crippen LogP contribution in [0.15, 0.2) is 36.4 Å². The van der Waals surface area contributed by atoms with Crippen molar-refractivity contribution in [1.29, 1.82) is 0 Å². The Kier molecular flexibility index (Phi) is 19.8. The van der Waals surface area contributed by atoms with Gasteiger partial charge in [0.1, 0.15) is 5.82 Å². The van der Waals surface area contributed by atoms with Crippen LogP contribution in [0.5, 0.6) is 0 Å². The van der Waals surface area contributed by atoms with Crippen LogP contribution in [-0.4, -0.2) is 11.0 Å². The molecule has 0 N–H and O–H groups in total. The maximum Gasteiger partial charge on any atom is 0.126 e. The van der Waals surface area contributed by atoms with E-state index in [4.69, 9.17) is 0 Å². The summed E-state index contributed by atoms with van der Waals surface area (Å²) in [5.74, 6) is 12.6. The van der Waals surface area contributed by atoms with Crippen molar-refractivity contribution in [2.24, 2.45) is 64.6 Å². The van der Waals surface area contributed by atoms with Crippen LogP contribution in [0.25, 0.3) is 0 Å². The van der Waals surface area contributed by atoms with Gasteiger partial charge >= 0.3 is 0 Å². The summed E-state index contributed by atoms with van der Waals surface area (Å²) in [7, 11) is 0. The molecule has 2 aromatic rings. The van der Waals surface area contributed by atoms with Crippen LogP contribution in [-0.2, 0) is 12.8 Å². The number of aryl methyl sites for hydroxylation is 2. The average Bonchev–Trinajstić information content (AvgIpc) is 3.93. The van der Waals surface area contributed by atoms with Crippen molar-refractivity contribution in [3.8, 4) is 0 Å². The molecule has 0 radical (unpaired) electrons. The van der Waals surface area contributed by atoms with Crippen molar-refractivity contribution in [3.63, 3.8) is 0 Å². The molecule has 0 aromatic heterocycles. The zero-order chi connectivity index (χ0) is 42.7. The van der Waals surface area contributed by atoms with E-state index in [-0.39, 0.29) is 11.7 Å². The van der Waals surface area contributed by atoms with Gasteiger partial charge in [-0.2, -0.15) is 11.8 Å². The molecule has 7 fully saturated rings. The zero-order valence-corrected chi connectivity index (χ0v) is 41.4. The van der Waals surface area contributed by atoms with E-state index in [1.54, 1.807) is 67.7 Å². The normalized spacial score (nSPS) is 27.8. The second-order valence-corrected chi connectivity index (χ2v) is 23.7. The first-order valence-corrected chi connectivity index (χ1v) is 26.0. The monoisotopic (exact) mass is 817 g/mol. The lowest BCUT2D eigenvalue weighted by atomic mass is 9.39. The van der Waals surface area contributed by atoms with E-state index in [1.165, 1.54) is 63.2 Å². The van der Waals surface area contributed by atoms with Crippen LogP contribution in [0, 0.1) is 77.3 Å². The maximum atomic E-state index is 13.1. The molecule has 2 unspecified atom stereocenters. The van der Waals surface area contributed by atoms with E-state index in [0.717, 1.165) is 81.0 Å². The molecule has 8 aliphatic rings. The first kappa shape index (κ1) is 49.4. The Morgan fingerprint density at radius 3 is 1.64 bits per heavy atom. The highest BCUT2D eigenvalue weighted by Crippen LogP contribution is 2.69. The first-order chi connectivity index (χ1) is 27.4. The lowest BCUT2D eigenvalue weighted by Gasteiger charge is -2.66. The number of fused-ring (bicyclic) bond motifs is 3. The topological polar surface area (TPSA) is 0 Å². The Bertz CT molecular complexity index is 1430. The fourth-order valence-electron chi connectivity index (χ4n) is 11.7. The molecule has 1 heterocycles. The molecule has 7 aliphatic carbocycles. The summed E-state index contributed by atoms with van der Waals surface area (Å²) >= 11 is 2.15. The predicted octanol–water partition coefficient (Wildman–Crippen LogP) is 17.7. The average molecular weight is 817 g/mol. The van der Waals surface area contributed by atoms with Gasteiger partial charge in [0.25, 0.3) is 0 Å². The molecule has 2 heteroatoms. The number of benzene rings is 2. The van der Waals surface area contributed by atoms with Crippen molar-refractivity contribution >= 4 is 11.8 Å². The van der Waals surface area contributed by atoms with Crippen molar-refractivity contribution in [1.82, 2.24) is 0 Å². The van der Waals surface area contributed by atoms with E-state index < -0.39 is 0 Å². The van der Waals surface area contributed by atoms with Gasteiger partial charge in [-0.3, -0.25) is 0 Å². The van der Waals surface area contributed by atoms with Gasteiger partial charge in [0.05, 0.1) is 0 Å². The molecule has 6 saturated carbocycles. The minimum atomic E-state index is -0.0833. The Balaban J connectivity index is 0.000000155. The summed E-state index contributed by atoms with van der Waals surface area (Å²) in [6.07, 6.45) is 22.3. The predicted molar refractivity (Wildman–Crippen MR) is 258 cm³/mol. The molecule has 0 nitrogen and oxygen atoms in total. The molecule has 2 aromatic carbocycles. The van der Waals surface area contributed by atoms with Crippen LogP contribution in [0.3, 0.4) is 0 Å². The van der Waals surface area contributed by atoms with Crippen LogP contribution >= 0.6 is 11.8 Å². The summed E-state index contributed by atoms with van der Waals surface area (Å²) in [4.78, 5) is 0. The highest BCUT2D eigenvalue weighted by Gasteiger charge is 2.59. The van der Waals surface area contributed by atoms with Gasteiger partial charge in [0.2, 0.25) is 0 Å². The summed E-state index contributed by atoms with van der Waals surface area (Å²) in [5, 5.41) is 0.981. The molecule has 1 saturated heterocycles. The summed E-state index contributed by atoms with van der Waals surface area (Å²) in [5.41, 5.74) is 7.55. The molecule has 10 rings (SSSR count). The van der Waals surface area contributed by atoms with E-state index in [2.05, 4.69) is 106 Å². The Morgan fingerprint density at radius 1 is 0.638 bits per heavy atom. The molecular formula is C56H93FS. The van der Waals surface area contributed by atoms with Gasteiger partial charge in [-0.15, -0.1) is 0 Å². The maximum absolute atomic E-state index is 13.1. The highest BCUT2D eigenvalue weighted by atomic mass is 32.2. The third-order valence-corrected chi connectivity index (χ3v) is 17.9. The molecule has 58 heavy (non-hydrogen) atoms. The number of hydrogen-bond donors (Lipinski definition) is 0. The van der Waals surface area contributed by atoms with E-state index in [0.29, 0.717) is 5.92 Å². The minimum Gasteiger partial charge on any atom is -0.207 e. The van der Waals surface area contributed by atoms with Crippen LogP contribution in [0.2, 0.25) is 0 Å². The van der Waals surface area contributed by atoms with Gasteiger partial charge in [-0.05, 0) is 194 Å². The molecule has 1 aliphatic heterocycles. The van der Waals surface area contributed by atoms with E-state index >= 15 is 0 Å². The SMILES string of the molecule is CC(C)C1CCC1.CC(C)C1CCCS1.CC(C)[C@@H]1C[C@@H]2CCC1C2.CC(C)[C@H](C)C12CC(C1)C2.CC(C)c1cccc2c1CCC2.Cc1cccc(F)c1C(C)C. The lowest BCUT2D eigenvalue weighted by molar-refractivity contribution is -0.157. The fraction of sp³-hybridized carbons (Fsp3) is 0.786. The van der Waals surface area contributed by atoms with E-state index in [9.17, 15) is 4.39 Å². The zero-order valence-electron chi connectivity index (χ0n) is 40.6. The molecular weight excluding hydrogens is 724 g/mol. The second kappa shape index (κ2) is 23.2. The third kappa shape index (κ3) is 13.6. The molecule has 4 bridgehead atoms. The van der Waals surface area contributed by atoms with Crippen LogP contribution in [0.1, 0.15) is 213 Å². The number of hydrogen-bond acceptors (Lipinski definition) is 1. The van der Waals surface area contributed by atoms with Gasteiger partial charge in [0.15, 0.2) is 0 Å². The van der Waals surface area contributed by atoms with Gasteiger partial charge in [-0.1, -0.05) is 146 Å². The minimum absolute atomic E-state index is 0.0833. The Hall–Kier alpha value is -1.28. The van der Waals surface area contributed by atoms with Crippen molar-refractivity contribution in [2.45, 2.75) is 210 Å². The second-order valence-electron chi connectivity index (χ2n) is 22.3. The van der Waals surface area contributed by atoms with Crippen LogP contribution < -0.4 is 0 Å². The fourth-order valence-corrected chi connectivity index (χ4v) is 13.1. The number of rotatable bonds is 7. The molecule has 0 amide bonds. The summed E-state index contributed by atoms with van der Waals surface area (Å²) in [6.45, 7) is 31.8. The van der Waals surface area contributed by atoms with Crippen molar-refractivity contribution in [2.75, 3.05) is 5.75 Å². The Labute approximate surface area is 365 Å². The van der Waals surface area contributed by atoms with Gasteiger partial charge in [0, 0.05) is 5.25 Å². The van der Waals surface area contributed by atoms with Crippen molar-refractivity contribution in [3.05, 3.63) is 70.0 Å². The van der Waals surface area contributed by atoms with E-state index in [1.807, 2.05) is 26.8 Å². The smallest absolute Gasteiger partial charge is 0.126 e. The first-order valence-electron chi connectivity index (χ1n) is 24.9. The summed E-state index contributed by atoms with van der Waals surface area (Å²) in [6, 6.07) is 12.0. The quantitative estimate of drug-likeness (QED) is 0.268. The van der Waals surface area contributed by atoms with Crippen molar-refractivity contribution < 1.29 is 4.39 Å². The van der Waals surface area contributed by atoms with Crippen LogP contribution in [0.4, 0.5) is 4.39 Å². The van der Waals surface area contributed by atoms with Gasteiger partial charge < -0.3 is 0 Å². The third-order valence-electron chi connectivity index (χ3n) is 16.2. The molecule has 330 valence electrons. The van der Waals surface area contributed by atoms with Gasteiger partial charge in [-0.25, -0.2) is 4.39 Å². The standard InChI is InChI=1S/C12H16.C10H13F.2C10H18.C7H14S.C7H14/c1-9(2)11-7-3-5-10-6-4-8-12(10)11;1-7(2)10-8(3)5-4-6-9(10)11;1-7(2)8(3)10-4-9(5-10)6-10;1-7(2)10-6-8-3-4-9(10)5-8;1-6(2)7-4-3-5-8-7;1-6(2)7-4-3-5-7/h3,5,7,9H,4,6,8H2,1-2H3;4-7H,1-3H3;7-9H,4-6H2,1-3H3;7-10H,3-6H2,1-2H3;6-7H,3-5H2,1-2H3;6-7H,3-5H2,1-2H3/t;;8-,9?,10?;8-,9?,10+;;/m..01../s1. The Morgan fingerprint density at radius 2 is 1.31 bits per heavy atom. The largest absolute Gasteiger partial charge is 0.207 e. The summed E-state index contributed by atoms with van der Waals surface area (Å²) < 4.78 is 13.1. The highest BCUT2D eigenvalue weighted by molar-refractivity contribution is 8.00. The number of thioether (sulfide) groups is 1. The molecule has 0 spiro atoms.